The van der Waals surface area contributed by atoms with Crippen LogP contribution in [0.25, 0.3) is 0 Å². The number of hydrogen-bond acceptors (Lipinski definition) is 3. The van der Waals surface area contributed by atoms with E-state index in [1.165, 1.54) is 0 Å². The second-order valence-corrected chi connectivity index (χ2v) is 6.13. The van der Waals surface area contributed by atoms with Crippen LogP contribution in [0, 0.1) is 11.3 Å². The Kier molecular flexibility index (Phi) is 3.57. The maximum atomic E-state index is 11.9. The molecule has 3 nitrogen and oxygen atoms in total. The predicted octanol–water partition coefficient (Wildman–Crippen LogP) is 1.96. The summed E-state index contributed by atoms with van der Waals surface area (Å²) in [7, 11) is 0. The smallest absolute Gasteiger partial charge is 0.230 e. The molecule has 0 aromatic rings. The molecule has 1 N–H and O–H groups in total. The van der Waals surface area contributed by atoms with Crippen molar-refractivity contribution in [1.29, 1.82) is 0 Å². The molecule has 2 fully saturated rings. The fourth-order valence-electron chi connectivity index (χ4n) is 3.02. The van der Waals surface area contributed by atoms with Gasteiger partial charge in [0.25, 0.3) is 0 Å². The van der Waals surface area contributed by atoms with Gasteiger partial charge in [0.05, 0.1) is 0 Å². The van der Waals surface area contributed by atoms with Crippen molar-refractivity contribution in [3.05, 3.63) is 0 Å². The van der Waals surface area contributed by atoms with Gasteiger partial charge in [0.1, 0.15) is 0 Å². The van der Waals surface area contributed by atoms with Crippen LogP contribution in [0.4, 0.5) is 0 Å². The quantitative estimate of drug-likeness (QED) is 0.752. The van der Waals surface area contributed by atoms with E-state index in [9.17, 15) is 9.59 Å². The Labute approximate surface area is 101 Å². The first-order valence-corrected chi connectivity index (χ1v) is 7.25. The Morgan fingerprint density at radius 3 is 2.69 bits per heavy atom. The normalized spacial score (nSPS) is 29.2. The summed E-state index contributed by atoms with van der Waals surface area (Å²) < 4.78 is 0. The molecule has 1 spiro atoms. The second kappa shape index (κ2) is 4.78. The topological polar surface area (TPSA) is 46.2 Å². The van der Waals surface area contributed by atoms with Gasteiger partial charge in [-0.3, -0.25) is 14.9 Å². The van der Waals surface area contributed by atoms with Gasteiger partial charge in [0.15, 0.2) is 0 Å². The summed E-state index contributed by atoms with van der Waals surface area (Å²) in [6.07, 6.45) is 4.55. The van der Waals surface area contributed by atoms with E-state index in [2.05, 4.69) is 12.2 Å². The highest BCUT2D eigenvalue weighted by atomic mass is 32.2. The zero-order valence-corrected chi connectivity index (χ0v) is 10.6. The number of rotatable bonds is 2. The number of nitrogens with one attached hydrogen (secondary N) is 1. The molecule has 1 atom stereocenters. The number of piperidine rings is 1. The SMILES string of the molecule is CCCC1C(=O)NC(=O)CC12CCSCC2. The van der Waals surface area contributed by atoms with Crippen molar-refractivity contribution in [1.82, 2.24) is 5.32 Å². The lowest BCUT2D eigenvalue weighted by Crippen LogP contribution is -2.53. The van der Waals surface area contributed by atoms with E-state index in [-0.39, 0.29) is 23.1 Å². The molecule has 0 radical (unpaired) electrons. The van der Waals surface area contributed by atoms with Gasteiger partial charge >= 0.3 is 0 Å². The highest BCUT2D eigenvalue weighted by Crippen LogP contribution is 2.47. The van der Waals surface area contributed by atoms with Crippen molar-refractivity contribution in [2.45, 2.75) is 39.0 Å². The van der Waals surface area contributed by atoms with Gasteiger partial charge in [-0.05, 0) is 36.2 Å². The Morgan fingerprint density at radius 2 is 2.06 bits per heavy atom. The summed E-state index contributed by atoms with van der Waals surface area (Å²) in [4.78, 5) is 23.5. The number of carbonyl (C=O) groups excluding carboxylic acids is 2. The molecular weight excluding hydrogens is 222 g/mol. The lowest BCUT2D eigenvalue weighted by molar-refractivity contribution is -0.144. The summed E-state index contributed by atoms with van der Waals surface area (Å²) in [5, 5.41) is 2.50. The molecule has 16 heavy (non-hydrogen) atoms. The van der Waals surface area contributed by atoms with Crippen LogP contribution in [-0.2, 0) is 9.59 Å². The highest BCUT2D eigenvalue weighted by Gasteiger charge is 2.48. The van der Waals surface area contributed by atoms with Gasteiger partial charge < -0.3 is 0 Å². The fourth-order valence-corrected chi connectivity index (χ4v) is 4.32. The highest BCUT2D eigenvalue weighted by molar-refractivity contribution is 7.99. The van der Waals surface area contributed by atoms with Crippen LogP contribution in [0.1, 0.15) is 39.0 Å². The monoisotopic (exact) mass is 241 g/mol. The summed E-state index contributed by atoms with van der Waals surface area (Å²) in [5.74, 6) is 2.17. The molecule has 2 heterocycles. The van der Waals surface area contributed by atoms with Gasteiger partial charge in [-0.1, -0.05) is 13.3 Å². The van der Waals surface area contributed by atoms with Gasteiger partial charge in [-0.2, -0.15) is 11.8 Å². The third-order valence-corrected chi connectivity index (χ3v) is 4.88. The van der Waals surface area contributed by atoms with E-state index in [4.69, 9.17) is 0 Å². The molecule has 4 heteroatoms. The van der Waals surface area contributed by atoms with Crippen LogP contribution in [-0.4, -0.2) is 23.3 Å². The molecule has 2 aliphatic heterocycles. The second-order valence-electron chi connectivity index (χ2n) is 4.91. The van der Waals surface area contributed by atoms with Crippen molar-refractivity contribution in [2.75, 3.05) is 11.5 Å². The van der Waals surface area contributed by atoms with Gasteiger partial charge in [-0.25, -0.2) is 0 Å². The summed E-state index contributed by atoms with van der Waals surface area (Å²) in [6.45, 7) is 2.11. The van der Waals surface area contributed by atoms with E-state index in [0.29, 0.717) is 6.42 Å². The fraction of sp³-hybridized carbons (Fsp3) is 0.833. The minimum atomic E-state index is -0.0655. The van der Waals surface area contributed by atoms with Crippen molar-refractivity contribution in [3.63, 3.8) is 0 Å². The van der Waals surface area contributed by atoms with Gasteiger partial charge in [0, 0.05) is 12.3 Å². The van der Waals surface area contributed by atoms with Crippen LogP contribution < -0.4 is 5.32 Å². The third-order valence-electron chi connectivity index (χ3n) is 3.90. The minimum Gasteiger partial charge on any atom is -0.296 e. The molecule has 2 saturated heterocycles. The molecule has 0 aliphatic carbocycles. The van der Waals surface area contributed by atoms with E-state index < -0.39 is 0 Å². The maximum absolute atomic E-state index is 11.9. The Morgan fingerprint density at radius 1 is 1.38 bits per heavy atom. The van der Waals surface area contributed by atoms with E-state index in [0.717, 1.165) is 37.2 Å². The number of carbonyl (C=O) groups is 2. The molecule has 90 valence electrons. The van der Waals surface area contributed by atoms with E-state index >= 15 is 0 Å². The van der Waals surface area contributed by atoms with Crippen LogP contribution in [0.3, 0.4) is 0 Å². The summed E-state index contributed by atoms with van der Waals surface area (Å²) in [5.41, 5.74) is -0.0132. The lowest BCUT2D eigenvalue weighted by atomic mass is 9.65. The average molecular weight is 241 g/mol. The first kappa shape index (κ1) is 12.0. The van der Waals surface area contributed by atoms with Crippen LogP contribution in [0.2, 0.25) is 0 Å². The minimum absolute atomic E-state index is 0.0132. The third kappa shape index (κ3) is 2.12. The molecule has 1 unspecified atom stereocenters. The van der Waals surface area contributed by atoms with Crippen molar-refractivity contribution in [3.8, 4) is 0 Å². The van der Waals surface area contributed by atoms with Crippen LogP contribution >= 0.6 is 11.8 Å². The first-order chi connectivity index (χ1) is 7.68. The van der Waals surface area contributed by atoms with E-state index in [1.54, 1.807) is 0 Å². The van der Waals surface area contributed by atoms with Gasteiger partial charge in [0.2, 0.25) is 11.8 Å². The van der Waals surface area contributed by atoms with Crippen LogP contribution in [0.5, 0.6) is 0 Å². The Bertz CT molecular complexity index is 297. The van der Waals surface area contributed by atoms with Crippen molar-refractivity contribution >= 4 is 23.6 Å². The molecule has 2 amide bonds. The Balaban J connectivity index is 2.21. The summed E-state index contributed by atoms with van der Waals surface area (Å²) >= 11 is 1.94. The molecule has 2 rings (SSSR count). The zero-order chi connectivity index (χ0) is 11.6. The first-order valence-electron chi connectivity index (χ1n) is 6.09. The lowest BCUT2D eigenvalue weighted by Gasteiger charge is -2.45. The van der Waals surface area contributed by atoms with Gasteiger partial charge in [-0.15, -0.1) is 0 Å². The van der Waals surface area contributed by atoms with Crippen molar-refractivity contribution < 1.29 is 9.59 Å². The number of thioether (sulfide) groups is 1. The molecule has 0 bridgehead atoms. The standard InChI is InChI=1S/C12H19NO2S/c1-2-3-9-11(15)13-10(14)8-12(9)4-6-16-7-5-12/h9H,2-8H2,1H3,(H,13,14,15). The summed E-state index contributed by atoms with van der Waals surface area (Å²) in [6, 6.07) is 0. The predicted molar refractivity (Wildman–Crippen MR) is 65.2 cm³/mol. The van der Waals surface area contributed by atoms with Crippen molar-refractivity contribution in [2.24, 2.45) is 11.3 Å². The largest absolute Gasteiger partial charge is 0.296 e. The number of hydrogen-bond donors (Lipinski definition) is 1. The molecule has 0 aromatic carbocycles. The molecule has 0 saturated carbocycles. The average Bonchev–Trinajstić information content (AvgIpc) is 2.25. The molecular formula is C12H19NO2S. The van der Waals surface area contributed by atoms with E-state index in [1.807, 2.05) is 11.8 Å². The van der Waals surface area contributed by atoms with Crippen LogP contribution in [0.15, 0.2) is 0 Å². The molecule has 0 aromatic heterocycles. The maximum Gasteiger partial charge on any atom is 0.230 e. The molecule has 2 aliphatic rings. The number of amides is 2. The Hall–Kier alpha value is -0.510. The number of imide groups is 1. The zero-order valence-electron chi connectivity index (χ0n) is 9.75.